The minimum atomic E-state index is -3.93. The normalized spacial score (nSPS) is 16.0. The van der Waals surface area contributed by atoms with Crippen LogP contribution >= 0.6 is 0 Å². The molecule has 0 saturated carbocycles. The van der Waals surface area contributed by atoms with E-state index in [2.05, 4.69) is 34.5 Å². The smallest absolute Gasteiger partial charge is 0.297 e. The fourth-order valence-electron chi connectivity index (χ4n) is 5.41. The molecular weight excluding hydrogens is 623 g/mol. The number of benzene rings is 2. The summed E-state index contributed by atoms with van der Waals surface area (Å²) < 4.78 is 51.2. The number of nitrogens with zero attached hydrogens (tertiary/aromatic N) is 5. The molecule has 13 heteroatoms. The van der Waals surface area contributed by atoms with Gasteiger partial charge in [-0.05, 0) is 58.0 Å². The van der Waals surface area contributed by atoms with Gasteiger partial charge in [0.2, 0.25) is 0 Å². The number of fused-ring (bicyclic) bond motifs is 1. The topological polar surface area (TPSA) is 118 Å². The lowest BCUT2D eigenvalue weighted by atomic mass is 10.0. The van der Waals surface area contributed by atoms with E-state index in [4.69, 9.17) is 23.5 Å². The molecule has 0 radical (unpaired) electrons. The number of hydrogen-bond acceptors (Lipinski definition) is 10. The van der Waals surface area contributed by atoms with Crippen LogP contribution in [-0.4, -0.2) is 75.3 Å². The first-order valence-electron chi connectivity index (χ1n) is 15.8. The van der Waals surface area contributed by atoms with Gasteiger partial charge in [-0.3, -0.25) is 4.18 Å². The Bertz CT molecular complexity index is 1770. The highest BCUT2D eigenvalue weighted by atomic mass is 32.2. The third-order valence-corrected chi connectivity index (χ3v) is 10.8. The number of ether oxygens (including phenoxy) is 3. The van der Waals surface area contributed by atoms with Gasteiger partial charge in [0.25, 0.3) is 10.1 Å². The Morgan fingerprint density at radius 2 is 1.89 bits per heavy atom. The van der Waals surface area contributed by atoms with Crippen LogP contribution in [0.2, 0.25) is 25.7 Å². The maximum Gasteiger partial charge on any atom is 0.297 e. The Labute approximate surface area is 273 Å². The summed E-state index contributed by atoms with van der Waals surface area (Å²) in [6, 6.07) is 14.1. The molecule has 0 spiro atoms. The van der Waals surface area contributed by atoms with Gasteiger partial charge >= 0.3 is 0 Å². The minimum Gasteiger partial charge on any atom is -0.491 e. The molecule has 1 aliphatic heterocycles. The van der Waals surface area contributed by atoms with E-state index in [1.54, 1.807) is 25.4 Å². The van der Waals surface area contributed by atoms with Crippen LogP contribution in [0.4, 0.5) is 5.82 Å². The second-order valence-electron chi connectivity index (χ2n) is 13.0. The van der Waals surface area contributed by atoms with Crippen LogP contribution in [-0.2, 0) is 30.5 Å². The molecule has 0 aliphatic carbocycles. The van der Waals surface area contributed by atoms with E-state index in [0.29, 0.717) is 43.4 Å². The molecule has 1 fully saturated rings. The van der Waals surface area contributed by atoms with Gasteiger partial charge in [0.1, 0.15) is 30.7 Å². The first-order valence-corrected chi connectivity index (χ1v) is 20.9. The van der Waals surface area contributed by atoms with Gasteiger partial charge in [-0.1, -0.05) is 37.3 Å². The summed E-state index contributed by atoms with van der Waals surface area (Å²) in [5, 5.41) is 5.78. The Morgan fingerprint density at radius 1 is 1.09 bits per heavy atom. The average molecular weight is 668 g/mol. The van der Waals surface area contributed by atoms with Crippen molar-refractivity contribution in [2.75, 3.05) is 37.8 Å². The van der Waals surface area contributed by atoms with Crippen LogP contribution in [0.15, 0.2) is 53.7 Å². The van der Waals surface area contributed by atoms with Crippen molar-refractivity contribution in [3.63, 3.8) is 0 Å². The number of anilines is 1. The van der Waals surface area contributed by atoms with Crippen LogP contribution in [0, 0.1) is 6.92 Å². The zero-order chi connectivity index (χ0) is 33.1. The summed E-state index contributed by atoms with van der Waals surface area (Å²) in [4.78, 5) is 11.5. The van der Waals surface area contributed by atoms with Gasteiger partial charge in [-0.25, -0.2) is 14.6 Å². The minimum absolute atomic E-state index is 0.0261. The lowest BCUT2D eigenvalue weighted by molar-refractivity contribution is 0.0375. The first-order chi connectivity index (χ1) is 21.8. The summed E-state index contributed by atoms with van der Waals surface area (Å²) in [7, 11) is -5.19. The summed E-state index contributed by atoms with van der Waals surface area (Å²) in [6.45, 7) is 17.0. The van der Waals surface area contributed by atoms with Gasteiger partial charge in [0.15, 0.2) is 0 Å². The molecule has 1 atom stereocenters. The molecular formula is C33H45N5O6SSi. The highest BCUT2D eigenvalue weighted by molar-refractivity contribution is 7.86. The SMILES string of the molecule is CCOS(=O)(=O)c1ccc(C)cc1C1CN(c2cc(-c3c4cc(OC(C)C)ccc4nn3COCC[Si](C)(C)C)ncn2)CCO1. The number of hydrogen-bond donors (Lipinski definition) is 0. The van der Waals surface area contributed by atoms with Crippen molar-refractivity contribution in [1.82, 2.24) is 19.7 Å². The number of aromatic nitrogens is 4. The fraction of sp³-hybridized carbons (Fsp3) is 0.485. The van der Waals surface area contributed by atoms with E-state index in [9.17, 15) is 8.42 Å². The van der Waals surface area contributed by atoms with Gasteiger partial charge in [-0.2, -0.15) is 13.5 Å². The largest absolute Gasteiger partial charge is 0.491 e. The Hall–Kier alpha value is -3.36. The van der Waals surface area contributed by atoms with E-state index < -0.39 is 24.3 Å². The molecule has 1 aliphatic rings. The Balaban J connectivity index is 1.48. The summed E-state index contributed by atoms with van der Waals surface area (Å²) in [5.41, 5.74) is 3.83. The second kappa shape index (κ2) is 14.2. The van der Waals surface area contributed by atoms with Crippen molar-refractivity contribution >= 4 is 34.9 Å². The number of aryl methyl sites for hydroxylation is 1. The van der Waals surface area contributed by atoms with Crippen molar-refractivity contribution in [3.05, 3.63) is 59.9 Å². The number of rotatable bonds is 13. The van der Waals surface area contributed by atoms with Crippen molar-refractivity contribution in [2.24, 2.45) is 0 Å². The molecule has 0 bridgehead atoms. The lowest BCUT2D eigenvalue weighted by Gasteiger charge is -2.34. The monoisotopic (exact) mass is 667 g/mol. The van der Waals surface area contributed by atoms with Gasteiger partial charge in [0.05, 0.1) is 41.1 Å². The lowest BCUT2D eigenvalue weighted by Crippen LogP contribution is -2.39. The molecule has 248 valence electrons. The van der Waals surface area contributed by atoms with E-state index in [0.717, 1.165) is 34.0 Å². The zero-order valence-corrected chi connectivity index (χ0v) is 29.6. The van der Waals surface area contributed by atoms with Crippen molar-refractivity contribution in [1.29, 1.82) is 0 Å². The van der Waals surface area contributed by atoms with Crippen LogP contribution < -0.4 is 9.64 Å². The molecule has 4 aromatic rings. The molecule has 5 rings (SSSR count). The first kappa shape index (κ1) is 34.0. The average Bonchev–Trinajstić information content (AvgIpc) is 3.36. The van der Waals surface area contributed by atoms with E-state index in [1.807, 2.05) is 55.8 Å². The molecule has 2 aromatic heterocycles. The number of morpholine rings is 1. The van der Waals surface area contributed by atoms with Gasteiger partial charge < -0.3 is 19.1 Å². The van der Waals surface area contributed by atoms with Gasteiger partial charge in [0, 0.05) is 44.8 Å². The third kappa shape index (κ3) is 8.13. The highest BCUT2D eigenvalue weighted by Crippen LogP contribution is 2.35. The standard InChI is InChI=1S/C33H45N5O6SSi/c1-8-43-45(39,40)31-12-9-24(4)17-27(31)30-20-37(13-14-42-30)32-19-29(34-21-35-32)33-26-18-25(44-23(2)3)10-11-28(26)36-38(33)22-41-15-16-46(5,6)7/h9-12,17-19,21,23,30H,8,13-16,20,22H2,1-7H3. The summed E-state index contributed by atoms with van der Waals surface area (Å²) in [5.74, 6) is 1.46. The Kier molecular flexibility index (Phi) is 10.5. The van der Waals surface area contributed by atoms with Crippen LogP contribution in [0.1, 0.15) is 38.0 Å². The molecule has 2 aromatic carbocycles. The zero-order valence-electron chi connectivity index (χ0n) is 27.8. The molecule has 46 heavy (non-hydrogen) atoms. The molecule has 11 nitrogen and oxygen atoms in total. The Morgan fingerprint density at radius 3 is 2.63 bits per heavy atom. The maximum absolute atomic E-state index is 13.0. The molecule has 1 unspecified atom stereocenters. The summed E-state index contributed by atoms with van der Waals surface area (Å²) >= 11 is 0. The van der Waals surface area contributed by atoms with Crippen LogP contribution in [0.25, 0.3) is 22.3 Å². The maximum atomic E-state index is 13.0. The van der Waals surface area contributed by atoms with Crippen LogP contribution in [0.3, 0.4) is 0 Å². The van der Waals surface area contributed by atoms with Crippen molar-refractivity contribution in [2.45, 2.75) is 77.2 Å². The quantitative estimate of drug-likeness (QED) is 0.0926. The third-order valence-electron chi connectivity index (χ3n) is 7.63. The van der Waals surface area contributed by atoms with Crippen molar-refractivity contribution < 1.29 is 26.8 Å². The predicted octanol–water partition coefficient (Wildman–Crippen LogP) is 6.20. The second-order valence-corrected chi connectivity index (χ2v) is 20.2. The van der Waals surface area contributed by atoms with Crippen molar-refractivity contribution in [3.8, 4) is 17.1 Å². The van der Waals surface area contributed by atoms with E-state index in [-0.39, 0.29) is 24.3 Å². The molecule has 0 N–H and O–H groups in total. The van der Waals surface area contributed by atoms with Gasteiger partial charge in [-0.15, -0.1) is 0 Å². The fourth-order valence-corrected chi connectivity index (χ4v) is 7.32. The van der Waals surface area contributed by atoms with Crippen LogP contribution in [0.5, 0.6) is 5.75 Å². The predicted molar refractivity (Wildman–Crippen MR) is 182 cm³/mol. The molecule has 3 heterocycles. The molecule has 1 saturated heterocycles. The highest BCUT2D eigenvalue weighted by Gasteiger charge is 2.30. The molecule has 0 amide bonds. The van der Waals surface area contributed by atoms with E-state index in [1.165, 1.54) is 0 Å². The summed E-state index contributed by atoms with van der Waals surface area (Å²) in [6.07, 6.45) is 1.08. The van der Waals surface area contributed by atoms with E-state index >= 15 is 0 Å².